The summed E-state index contributed by atoms with van der Waals surface area (Å²) in [4.78, 5) is 0. The van der Waals surface area contributed by atoms with Gasteiger partial charge in [0.25, 0.3) is 0 Å². The molecule has 2 rings (SSSR count). The topological polar surface area (TPSA) is 30.5 Å². The molecule has 0 bridgehead atoms. The van der Waals surface area contributed by atoms with Crippen molar-refractivity contribution in [3.8, 4) is 5.75 Å². The number of benzene rings is 1. The van der Waals surface area contributed by atoms with E-state index in [1.165, 1.54) is 25.0 Å². The van der Waals surface area contributed by atoms with E-state index < -0.39 is 0 Å². The maximum atomic E-state index is 13.2. The highest BCUT2D eigenvalue weighted by atomic mass is 19.1. The Balaban J connectivity index is 1.97. The predicted octanol–water partition coefficient (Wildman–Crippen LogP) is 2.49. The zero-order valence-electron chi connectivity index (χ0n) is 10.9. The summed E-state index contributed by atoms with van der Waals surface area (Å²) in [5, 5.41) is 3.36. The van der Waals surface area contributed by atoms with E-state index in [9.17, 15) is 4.39 Å². The highest BCUT2D eigenvalue weighted by Crippen LogP contribution is 2.23. The summed E-state index contributed by atoms with van der Waals surface area (Å²) in [6.07, 6.45) is 2.46. The Bertz CT molecular complexity index is 393. The molecule has 1 fully saturated rings. The molecule has 18 heavy (non-hydrogen) atoms. The van der Waals surface area contributed by atoms with Gasteiger partial charge in [0.15, 0.2) is 0 Å². The fourth-order valence-electron chi connectivity index (χ4n) is 1.64. The number of rotatable bonds is 7. The summed E-state index contributed by atoms with van der Waals surface area (Å²) < 4.78 is 24.0. The lowest BCUT2D eigenvalue weighted by Gasteiger charge is -2.15. The Morgan fingerprint density at radius 2 is 2.22 bits per heavy atom. The molecule has 1 aromatic rings. The van der Waals surface area contributed by atoms with Crippen LogP contribution >= 0.6 is 0 Å². The van der Waals surface area contributed by atoms with Crippen molar-refractivity contribution in [3.05, 3.63) is 29.6 Å². The summed E-state index contributed by atoms with van der Waals surface area (Å²) in [5.74, 6) is 0.503. The lowest BCUT2D eigenvalue weighted by atomic mass is 10.2. The maximum Gasteiger partial charge on any atom is 0.124 e. The second-order valence-corrected chi connectivity index (χ2v) is 4.76. The van der Waals surface area contributed by atoms with Crippen molar-refractivity contribution < 1.29 is 13.9 Å². The van der Waals surface area contributed by atoms with Crippen LogP contribution in [0.15, 0.2) is 18.2 Å². The Morgan fingerprint density at radius 1 is 1.44 bits per heavy atom. The third-order valence-electron chi connectivity index (χ3n) is 3.06. The third-order valence-corrected chi connectivity index (χ3v) is 3.06. The van der Waals surface area contributed by atoms with Gasteiger partial charge in [0.2, 0.25) is 0 Å². The summed E-state index contributed by atoms with van der Waals surface area (Å²) in [7, 11) is 1.65. The van der Waals surface area contributed by atoms with Crippen LogP contribution in [0.25, 0.3) is 0 Å². The number of methoxy groups -OCH3 is 1. The first-order valence-corrected chi connectivity index (χ1v) is 6.36. The monoisotopic (exact) mass is 253 g/mol. The van der Waals surface area contributed by atoms with Gasteiger partial charge in [0.05, 0.1) is 6.10 Å². The van der Waals surface area contributed by atoms with Gasteiger partial charge in [-0.3, -0.25) is 0 Å². The van der Waals surface area contributed by atoms with Crippen molar-refractivity contribution in [1.82, 2.24) is 5.32 Å². The van der Waals surface area contributed by atoms with Gasteiger partial charge < -0.3 is 14.8 Å². The summed E-state index contributed by atoms with van der Waals surface area (Å²) >= 11 is 0. The van der Waals surface area contributed by atoms with E-state index in [4.69, 9.17) is 9.47 Å². The van der Waals surface area contributed by atoms with Gasteiger partial charge in [-0.2, -0.15) is 0 Å². The van der Waals surface area contributed by atoms with E-state index in [2.05, 4.69) is 5.32 Å². The van der Waals surface area contributed by atoms with Gasteiger partial charge in [0.1, 0.15) is 18.2 Å². The smallest absolute Gasteiger partial charge is 0.124 e. The predicted molar refractivity (Wildman–Crippen MR) is 68.2 cm³/mol. The minimum absolute atomic E-state index is 0.0271. The number of halogens is 1. The van der Waals surface area contributed by atoms with Crippen LogP contribution in [0.2, 0.25) is 0 Å². The van der Waals surface area contributed by atoms with Crippen molar-refractivity contribution in [2.24, 2.45) is 0 Å². The molecule has 0 amide bonds. The quantitative estimate of drug-likeness (QED) is 0.810. The van der Waals surface area contributed by atoms with Gasteiger partial charge in [-0.25, -0.2) is 4.39 Å². The van der Waals surface area contributed by atoms with Crippen molar-refractivity contribution in [2.75, 3.05) is 13.7 Å². The van der Waals surface area contributed by atoms with Gasteiger partial charge in [0, 0.05) is 25.3 Å². The molecule has 0 aromatic heterocycles. The van der Waals surface area contributed by atoms with Crippen LogP contribution in [-0.2, 0) is 11.3 Å². The average molecular weight is 253 g/mol. The minimum atomic E-state index is -0.227. The van der Waals surface area contributed by atoms with E-state index in [1.54, 1.807) is 13.2 Å². The van der Waals surface area contributed by atoms with Crippen LogP contribution in [0.5, 0.6) is 5.75 Å². The Kier molecular flexibility index (Phi) is 4.55. The third kappa shape index (κ3) is 3.96. The molecule has 1 aromatic carbocycles. The Labute approximate surface area is 107 Å². The molecule has 1 N–H and O–H groups in total. The first kappa shape index (κ1) is 13.3. The van der Waals surface area contributed by atoms with Crippen LogP contribution < -0.4 is 10.1 Å². The SMILES string of the molecule is COC(C)COc1ccc(F)cc1CNC1CC1. The zero-order valence-corrected chi connectivity index (χ0v) is 10.9. The molecule has 100 valence electrons. The van der Waals surface area contributed by atoms with Crippen LogP contribution in [0, 0.1) is 5.82 Å². The lowest BCUT2D eigenvalue weighted by Crippen LogP contribution is -2.19. The fourth-order valence-corrected chi connectivity index (χ4v) is 1.64. The van der Waals surface area contributed by atoms with E-state index in [0.717, 1.165) is 11.3 Å². The van der Waals surface area contributed by atoms with Gasteiger partial charge in [-0.15, -0.1) is 0 Å². The van der Waals surface area contributed by atoms with Crippen LogP contribution in [0.3, 0.4) is 0 Å². The molecule has 1 aliphatic rings. The molecule has 1 aliphatic carbocycles. The summed E-state index contributed by atoms with van der Waals surface area (Å²) in [6, 6.07) is 5.23. The molecule has 4 heteroatoms. The molecule has 1 saturated carbocycles. The van der Waals surface area contributed by atoms with E-state index >= 15 is 0 Å². The fraction of sp³-hybridized carbons (Fsp3) is 0.571. The van der Waals surface area contributed by atoms with Gasteiger partial charge in [-0.05, 0) is 38.0 Å². The average Bonchev–Trinajstić information content (AvgIpc) is 3.18. The molecular weight excluding hydrogens is 233 g/mol. The van der Waals surface area contributed by atoms with Crippen molar-refractivity contribution in [3.63, 3.8) is 0 Å². The molecule has 0 radical (unpaired) electrons. The highest BCUT2D eigenvalue weighted by molar-refractivity contribution is 5.34. The zero-order chi connectivity index (χ0) is 13.0. The number of hydrogen-bond donors (Lipinski definition) is 1. The van der Waals surface area contributed by atoms with Crippen molar-refractivity contribution in [2.45, 2.75) is 38.5 Å². The molecule has 0 saturated heterocycles. The summed E-state index contributed by atoms with van der Waals surface area (Å²) in [5.41, 5.74) is 0.866. The standard InChI is InChI=1S/C14H20FNO2/c1-10(17-2)9-18-14-6-3-12(15)7-11(14)8-16-13-4-5-13/h3,6-7,10,13,16H,4-5,8-9H2,1-2H3. The molecule has 1 atom stereocenters. The first-order valence-electron chi connectivity index (χ1n) is 6.36. The first-order chi connectivity index (χ1) is 8.69. The molecule has 0 heterocycles. The van der Waals surface area contributed by atoms with Crippen molar-refractivity contribution in [1.29, 1.82) is 0 Å². The lowest BCUT2D eigenvalue weighted by molar-refractivity contribution is 0.0712. The number of ether oxygens (including phenoxy) is 2. The molecular formula is C14H20FNO2. The van der Waals surface area contributed by atoms with E-state index in [-0.39, 0.29) is 11.9 Å². The molecule has 0 aliphatic heterocycles. The highest BCUT2D eigenvalue weighted by Gasteiger charge is 2.20. The molecule has 1 unspecified atom stereocenters. The second kappa shape index (κ2) is 6.16. The Hall–Kier alpha value is -1.13. The molecule has 3 nitrogen and oxygen atoms in total. The minimum Gasteiger partial charge on any atom is -0.491 e. The second-order valence-electron chi connectivity index (χ2n) is 4.76. The number of hydrogen-bond acceptors (Lipinski definition) is 3. The van der Waals surface area contributed by atoms with Crippen molar-refractivity contribution >= 4 is 0 Å². The van der Waals surface area contributed by atoms with Crippen LogP contribution in [0.4, 0.5) is 4.39 Å². The van der Waals surface area contributed by atoms with Gasteiger partial charge in [-0.1, -0.05) is 0 Å². The summed E-state index contributed by atoms with van der Waals surface area (Å²) in [6.45, 7) is 3.06. The van der Waals surface area contributed by atoms with Crippen LogP contribution in [-0.4, -0.2) is 25.9 Å². The molecule has 0 spiro atoms. The number of nitrogens with one attached hydrogen (secondary N) is 1. The Morgan fingerprint density at radius 3 is 2.89 bits per heavy atom. The largest absolute Gasteiger partial charge is 0.491 e. The van der Waals surface area contributed by atoms with E-state index in [0.29, 0.717) is 19.2 Å². The van der Waals surface area contributed by atoms with Gasteiger partial charge >= 0.3 is 0 Å². The normalized spacial score (nSPS) is 16.6. The van der Waals surface area contributed by atoms with E-state index in [1.807, 2.05) is 6.92 Å². The maximum absolute atomic E-state index is 13.2. The van der Waals surface area contributed by atoms with Crippen LogP contribution in [0.1, 0.15) is 25.3 Å².